The van der Waals surface area contributed by atoms with E-state index >= 15 is 0 Å². The minimum atomic E-state index is -0.0370. The van der Waals surface area contributed by atoms with Crippen molar-refractivity contribution in [1.29, 1.82) is 0 Å². The van der Waals surface area contributed by atoms with Gasteiger partial charge in [0.1, 0.15) is 5.82 Å². The highest BCUT2D eigenvalue weighted by Crippen LogP contribution is 2.29. The Morgan fingerprint density at radius 3 is 2.56 bits per heavy atom. The molecule has 1 aromatic heterocycles. The lowest BCUT2D eigenvalue weighted by atomic mass is 9.99. The van der Waals surface area contributed by atoms with Crippen molar-refractivity contribution >= 4 is 11.7 Å². The lowest BCUT2D eigenvalue weighted by molar-refractivity contribution is 0.318. The van der Waals surface area contributed by atoms with Crippen LogP contribution in [0.3, 0.4) is 0 Å². The van der Waals surface area contributed by atoms with Gasteiger partial charge in [-0.1, -0.05) is 12.1 Å². The Kier molecular flexibility index (Phi) is 3.88. The Bertz CT molecular complexity index is 461. The van der Waals surface area contributed by atoms with Crippen molar-refractivity contribution in [3.05, 3.63) is 11.3 Å². The average Bonchev–Trinajstić information content (AvgIpc) is 2.62. The molecule has 0 aliphatic heterocycles. The number of aryl methyl sites for hydroxylation is 2. The molecule has 6 heteroatoms. The third-order valence-electron chi connectivity index (χ3n) is 3.65. The van der Waals surface area contributed by atoms with Crippen LogP contribution >= 0.6 is 0 Å². The molecule has 1 heterocycles. The summed E-state index contributed by atoms with van der Waals surface area (Å²) in [5.41, 5.74) is 7.15. The van der Waals surface area contributed by atoms with E-state index in [0.717, 1.165) is 17.9 Å². The fourth-order valence-electron chi connectivity index (χ4n) is 1.90. The van der Waals surface area contributed by atoms with E-state index < -0.39 is 0 Å². The third kappa shape index (κ3) is 2.27. The van der Waals surface area contributed by atoms with E-state index in [1.165, 1.54) is 0 Å². The molecule has 0 aromatic carbocycles. The first kappa shape index (κ1) is 14.3. The number of aromatic nitrogens is 2. The molecule has 0 fully saturated rings. The van der Waals surface area contributed by atoms with Gasteiger partial charge >= 0.3 is 0 Å². The summed E-state index contributed by atoms with van der Waals surface area (Å²) in [5, 5.41) is 16.3. The van der Waals surface area contributed by atoms with Crippen molar-refractivity contribution in [3.63, 3.8) is 0 Å². The smallest absolute Gasteiger partial charge is 0.175 e. The van der Waals surface area contributed by atoms with E-state index in [1.807, 2.05) is 21.0 Å². The third-order valence-corrected chi connectivity index (χ3v) is 3.65. The molecule has 0 radical (unpaired) electrons. The molecular formula is C12H23N5O. The summed E-state index contributed by atoms with van der Waals surface area (Å²) >= 11 is 0. The van der Waals surface area contributed by atoms with Crippen LogP contribution in [0.15, 0.2) is 5.16 Å². The predicted molar refractivity (Wildman–Crippen MR) is 73.2 cm³/mol. The van der Waals surface area contributed by atoms with Gasteiger partial charge in [0, 0.05) is 19.6 Å². The van der Waals surface area contributed by atoms with E-state index in [2.05, 4.69) is 35.9 Å². The molecular weight excluding hydrogens is 230 g/mol. The number of nitrogens with two attached hydrogens (primary N) is 1. The van der Waals surface area contributed by atoms with Crippen molar-refractivity contribution in [2.45, 2.75) is 39.7 Å². The SMILES string of the molecule is CCC(C)(C)N(C)c1c(C(N)=NO)c(C)nn1C. The van der Waals surface area contributed by atoms with Gasteiger partial charge in [-0.2, -0.15) is 5.10 Å². The molecule has 102 valence electrons. The molecule has 0 atom stereocenters. The number of oxime groups is 1. The van der Waals surface area contributed by atoms with E-state index in [9.17, 15) is 0 Å². The minimum absolute atomic E-state index is 0.0370. The monoisotopic (exact) mass is 253 g/mol. The topological polar surface area (TPSA) is 79.7 Å². The van der Waals surface area contributed by atoms with Crippen molar-refractivity contribution in [2.24, 2.45) is 17.9 Å². The van der Waals surface area contributed by atoms with Gasteiger partial charge in [0.25, 0.3) is 0 Å². The summed E-state index contributed by atoms with van der Waals surface area (Å²) in [7, 11) is 3.85. The minimum Gasteiger partial charge on any atom is -0.409 e. The number of anilines is 1. The van der Waals surface area contributed by atoms with Crippen molar-refractivity contribution in [1.82, 2.24) is 9.78 Å². The largest absolute Gasteiger partial charge is 0.409 e. The summed E-state index contributed by atoms with van der Waals surface area (Å²) in [4.78, 5) is 2.11. The number of hydrogen-bond acceptors (Lipinski definition) is 4. The normalized spacial score (nSPS) is 12.9. The van der Waals surface area contributed by atoms with Gasteiger partial charge in [-0.05, 0) is 27.2 Å². The fourth-order valence-corrected chi connectivity index (χ4v) is 1.90. The second-order valence-corrected chi connectivity index (χ2v) is 5.12. The maximum Gasteiger partial charge on any atom is 0.175 e. The molecule has 3 N–H and O–H groups in total. The summed E-state index contributed by atoms with van der Waals surface area (Å²) in [5.74, 6) is 0.948. The highest BCUT2D eigenvalue weighted by Gasteiger charge is 2.28. The molecule has 0 aliphatic rings. The molecule has 0 bridgehead atoms. The zero-order valence-electron chi connectivity index (χ0n) is 12.0. The van der Waals surface area contributed by atoms with Gasteiger partial charge < -0.3 is 15.8 Å². The average molecular weight is 253 g/mol. The van der Waals surface area contributed by atoms with Crippen molar-refractivity contribution in [3.8, 4) is 0 Å². The first-order chi connectivity index (χ1) is 8.26. The van der Waals surface area contributed by atoms with Crippen molar-refractivity contribution < 1.29 is 5.21 Å². The Hall–Kier alpha value is -1.72. The second kappa shape index (κ2) is 4.88. The fraction of sp³-hybridized carbons (Fsp3) is 0.667. The summed E-state index contributed by atoms with van der Waals surface area (Å²) in [6, 6.07) is 0. The molecule has 1 rings (SSSR count). The quantitative estimate of drug-likeness (QED) is 0.368. The Labute approximate surface area is 108 Å². The van der Waals surface area contributed by atoms with Gasteiger partial charge in [-0.3, -0.25) is 4.68 Å². The van der Waals surface area contributed by atoms with E-state index in [-0.39, 0.29) is 11.4 Å². The molecule has 0 unspecified atom stereocenters. The molecule has 18 heavy (non-hydrogen) atoms. The molecule has 1 aromatic rings. The van der Waals surface area contributed by atoms with E-state index in [1.54, 1.807) is 4.68 Å². The molecule has 0 saturated carbocycles. The van der Waals surface area contributed by atoms with Gasteiger partial charge in [0.15, 0.2) is 5.84 Å². The first-order valence-electron chi connectivity index (χ1n) is 6.01. The van der Waals surface area contributed by atoms with Crippen LogP contribution in [-0.2, 0) is 7.05 Å². The first-order valence-corrected chi connectivity index (χ1v) is 6.01. The predicted octanol–water partition coefficient (Wildman–Crippen LogP) is 1.45. The molecule has 0 aliphatic carbocycles. The van der Waals surface area contributed by atoms with Crippen LogP contribution in [0.2, 0.25) is 0 Å². The van der Waals surface area contributed by atoms with Crippen LogP contribution < -0.4 is 10.6 Å². The van der Waals surface area contributed by atoms with Crippen molar-refractivity contribution in [2.75, 3.05) is 11.9 Å². The standard InChI is InChI=1S/C12H23N5O/c1-7-12(3,4)16(5)11-9(10(13)15-18)8(2)14-17(11)6/h18H,7H2,1-6H3,(H2,13,15). The molecule has 0 spiro atoms. The lowest BCUT2D eigenvalue weighted by Gasteiger charge is -2.37. The maximum atomic E-state index is 8.90. The van der Waals surface area contributed by atoms with E-state index in [4.69, 9.17) is 10.9 Å². The summed E-state index contributed by atoms with van der Waals surface area (Å²) in [6.45, 7) is 8.27. The zero-order valence-corrected chi connectivity index (χ0v) is 12.0. The zero-order chi connectivity index (χ0) is 14.1. The van der Waals surface area contributed by atoms with Gasteiger partial charge in [-0.25, -0.2) is 0 Å². The van der Waals surface area contributed by atoms with Gasteiger partial charge in [0.2, 0.25) is 0 Å². The highest BCUT2D eigenvalue weighted by atomic mass is 16.4. The lowest BCUT2D eigenvalue weighted by Crippen LogP contribution is -2.42. The summed E-state index contributed by atoms with van der Waals surface area (Å²) < 4.78 is 1.76. The number of amidine groups is 1. The maximum absolute atomic E-state index is 8.90. The number of rotatable bonds is 4. The van der Waals surface area contributed by atoms with Crippen LogP contribution in [0.1, 0.15) is 38.4 Å². The van der Waals surface area contributed by atoms with Crippen LogP contribution in [0.5, 0.6) is 0 Å². The van der Waals surface area contributed by atoms with Crippen LogP contribution in [0.4, 0.5) is 5.82 Å². The highest BCUT2D eigenvalue weighted by molar-refractivity contribution is 6.02. The van der Waals surface area contributed by atoms with Gasteiger partial charge in [-0.15, -0.1) is 0 Å². The number of nitrogens with zero attached hydrogens (tertiary/aromatic N) is 4. The molecule has 0 saturated heterocycles. The molecule has 6 nitrogen and oxygen atoms in total. The van der Waals surface area contributed by atoms with Crippen LogP contribution in [0.25, 0.3) is 0 Å². The Morgan fingerprint density at radius 2 is 2.11 bits per heavy atom. The Balaban J connectivity index is 3.41. The van der Waals surface area contributed by atoms with Crippen LogP contribution in [0, 0.1) is 6.92 Å². The van der Waals surface area contributed by atoms with Crippen LogP contribution in [-0.4, -0.2) is 33.4 Å². The van der Waals surface area contributed by atoms with E-state index in [0.29, 0.717) is 5.56 Å². The second-order valence-electron chi connectivity index (χ2n) is 5.12. The molecule has 0 amide bonds. The summed E-state index contributed by atoms with van der Waals surface area (Å²) in [6.07, 6.45) is 0.976. The Morgan fingerprint density at radius 1 is 1.56 bits per heavy atom. The van der Waals surface area contributed by atoms with Gasteiger partial charge in [0.05, 0.1) is 11.3 Å². The number of hydrogen-bond donors (Lipinski definition) is 2.